The van der Waals surface area contributed by atoms with E-state index in [2.05, 4.69) is 20.7 Å². The molecule has 1 N–H and O–H groups in total. The molecule has 0 saturated carbocycles. The lowest BCUT2D eigenvalue weighted by atomic mass is 10.3. The van der Waals surface area contributed by atoms with E-state index in [-0.39, 0.29) is 5.69 Å². The summed E-state index contributed by atoms with van der Waals surface area (Å²) in [5.41, 5.74) is 1.17. The van der Waals surface area contributed by atoms with Crippen molar-refractivity contribution in [2.45, 2.75) is 19.6 Å². The molecular weight excluding hydrogens is 301 g/mol. The molecule has 2 aromatic heterocycles. The Labute approximate surface area is 115 Å². The quantitative estimate of drug-likeness (QED) is 0.925. The number of halogens is 4. The predicted molar refractivity (Wildman–Crippen MR) is 61.4 cm³/mol. The molecule has 2 rings (SSSR count). The highest BCUT2D eigenvalue weighted by atomic mass is 35.5. The van der Waals surface area contributed by atoms with Crippen molar-refractivity contribution < 1.29 is 18.0 Å². The maximum Gasteiger partial charge on any atom is 0.436 e. The molecule has 0 fully saturated rings. The second-order valence-electron chi connectivity index (χ2n) is 3.81. The van der Waals surface area contributed by atoms with Crippen LogP contribution in [0.2, 0.25) is 5.02 Å². The number of aromatic nitrogens is 5. The summed E-state index contributed by atoms with van der Waals surface area (Å²) >= 11 is 5.56. The Morgan fingerprint density at radius 1 is 1.40 bits per heavy atom. The summed E-state index contributed by atoms with van der Waals surface area (Å²) < 4.78 is 39.8. The standard InChI is InChI=1S/C9H8ClF3N6O/c1-5-7(10)8(9(11,12)13)17-19(5)2-6(20)16-18-3-14-15-4-18/h3-4H,2H2,1H3,(H,16,20). The highest BCUT2D eigenvalue weighted by Gasteiger charge is 2.38. The van der Waals surface area contributed by atoms with E-state index < -0.39 is 29.3 Å². The van der Waals surface area contributed by atoms with Crippen molar-refractivity contribution in [3.05, 3.63) is 29.1 Å². The first-order chi connectivity index (χ1) is 9.29. The van der Waals surface area contributed by atoms with Gasteiger partial charge < -0.3 is 0 Å². The number of nitrogens with zero attached hydrogens (tertiary/aromatic N) is 5. The Morgan fingerprint density at radius 3 is 2.50 bits per heavy atom. The van der Waals surface area contributed by atoms with E-state index in [1.165, 1.54) is 19.6 Å². The van der Waals surface area contributed by atoms with Crippen molar-refractivity contribution in [1.29, 1.82) is 0 Å². The molecule has 2 heterocycles. The Kier molecular flexibility index (Phi) is 3.66. The molecule has 0 radical (unpaired) electrons. The highest BCUT2D eigenvalue weighted by molar-refractivity contribution is 6.32. The van der Waals surface area contributed by atoms with Crippen LogP contribution in [0, 0.1) is 6.92 Å². The molecule has 108 valence electrons. The van der Waals surface area contributed by atoms with Gasteiger partial charge in [-0.25, -0.2) is 4.68 Å². The predicted octanol–water partition coefficient (Wildman–Crippen LogP) is 1.23. The molecule has 0 spiro atoms. The summed E-state index contributed by atoms with van der Waals surface area (Å²) in [6, 6.07) is 0. The fourth-order valence-electron chi connectivity index (χ4n) is 1.43. The van der Waals surface area contributed by atoms with Crippen molar-refractivity contribution in [1.82, 2.24) is 24.7 Å². The van der Waals surface area contributed by atoms with E-state index in [1.54, 1.807) is 0 Å². The molecule has 0 aliphatic rings. The zero-order valence-electron chi connectivity index (χ0n) is 10.0. The van der Waals surface area contributed by atoms with Crippen molar-refractivity contribution in [2.75, 3.05) is 5.43 Å². The normalized spacial score (nSPS) is 11.7. The van der Waals surface area contributed by atoms with Gasteiger partial charge in [-0.1, -0.05) is 11.6 Å². The van der Waals surface area contributed by atoms with Crippen LogP contribution in [-0.4, -0.2) is 30.6 Å². The summed E-state index contributed by atoms with van der Waals surface area (Å²) in [4.78, 5) is 11.6. The minimum Gasteiger partial charge on any atom is -0.271 e. The van der Waals surface area contributed by atoms with Gasteiger partial charge in [0.05, 0.1) is 10.7 Å². The number of carbonyl (C=O) groups excluding carboxylic acids is 1. The van der Waals surface area contributed by atoms with Gasteiger partial charge in [-0.3, -0.25) is 14.9 Å². The van der Waals surface area contributed by atoms with Gasteiger partial charge in [-0.2, -0.15) is 18.3 Å². The topological polar surface area (TPSA) is 77.6 Å². The number of nitrogens with one attached hydrogen (secondary N) is 1. The zero-order chi connectivity index (χ0) is 14.9. The van der Waals surface area contributed by atoms with Crippen LogP contribution >= 0.6 is 11.6 Å². The minimum atomic E-state index is -4.67. The fraction of sp³-hybridized carbons (Fsp3) is 0.333. The van der Waals surface area contributed by atoms with Crippen molar-refractivity contribution in [2.24, 2.45) is 0 Å². The number of amides is 1. The molecule has 1 amide bonds. The Hall–Kier alpha value is -2.10. The average molecular weight is 309 g/mol. The molecule has 0 aliphatic carbocycles. The van der Waals surface area contributed by atoms with Gasteiger partial charge >= 0.3 is 6.18 Å². The first kappa shape index (κ1) is 14.3. The summed E-state index contributed by atoms with van der Waals surface area (Å²) in [5.74, 6) is -0.596. The Morgan fingerprint density at radius 2 is 2.00 bits per heavy atom. The largest absolute Gasteiger partial charge is 0.436 e. The first-order valence-electron chi connectivity index (χ1n) is 5.23. The molecule has 0 unspecified atom stereocenters. The van der Waals surface area contributed by atoms with Crippen LogP contribution in [0.3, 0.4) is 0 Å². The zero-order valence-corrected chi connectivity index (χ0v) is 10.8. The van der Waals surface area contributed by atoms with Crippen molar-refractivity contribution in [3.8, 4) is 0 Å². The third-order valence-electron chi connectivity index (χ3n) is 2.37. The van der Waals surface area contributed by atoms with Gasteiger partial charge in [0.1, 0.15) is 19.2 Å². The maximum atomic E-state index is 12.6. The Bertz CT molecular complexity index is 620. The van der Waals surface area contributed by atoms with E-state index in [0.29, 0.717) is 0 Å². The fourth-order valence-corrected chi connectivity index (χ4v) is 1.68. The lowest BCUT2D eigenvalue weighted by Gasteiger charge is -2.06. The van der Waals surface area contributed by atoms with Crippen LogP contribution in [0.4, 0.5) is 13.2 Å². The Balaban J connectivity index is 2.16. The molecule has 20 heavy (non-hydrogen) atoms. The highest BCUT2D eigenvalue weighted by Crippen LogP contribution is 2.35. The van der Waals surface area contributed by atoms with Crippen LogP contribution in [0.5, 0.6) is 0 Å². The van der Waals surface area contributed by atoms with Gasteiger partial charge in [-0.15, -0.1) is 10.2 Å². The molecule has 0 aliphatic heterocycles. The summed E-state index contributed by atoms with van der Waals surface area (Å²) in [7, 11) is 0. The summed E-state index contributed by atoms with van der Waals surface area (Å²) in [5, 5.41) is 9.70. The smallest absolute Gasteiger partial charge is 0.271 e. The number of hydrogen-bond acceptors (Lipinski definition) is 4. The average Bonchev–Trinajstić information content (AvgIpc) is 2.92. The molecule has 0 atom stereocenters. The van der Waals surface area contributed by atoms with E-state index in [9.17, 15) is 18.0 Å². The third kappa shape index (κ3) is 2.90. The monoisotopic (exact) mass is 308 g/mol. The third-order valence-corrected chi connectivity index (χ3v) is 2.82. The molecule has 0 bridgehead atoms. The summed E-state index contributed by atoms with van der Waals surface area (Å²) in [6.45, 7) is 0.927. The maximum absolute atomic E-state index is 12.6. The van der Waals surface area contributed by atoms with Crippen LogP contribution < -0.4 is 5.43 Å². The van der Waals surface area contributed by atoms with E-state index in [4.69, 9.17) is 11.6 Å². The van der Waals surface area contributed by atoms with E-state index >= 15 is 0 Å². The van der Waals surface area contributed by atoms with Gasteiger partial charge in [0.25, 0.3) is 5.91 Å². The molecule has 0 aromatic carbocycles. The second-order valence-corrected chi connectivity index (χ2v) is 4.19. The summed E-state index contributed by atoms with van der Waals surface area (Å²) in [6.07, 6.45) is -2.22. The van der Waals surface area contributed by atoms with Crippen molar-refractivity contribution >= 4 is 17.5 Å². The van der Waals surface area contributed by atoms with E-state index in [0.717, 1.165) is 9.36 Å². The molecule has 2 aromatic rings. The molecular formula is C9H8ClF3N6O. The molecule has 11 heteroatoms. The van der Waals surface area contributed by atoms with E-state index in [1.807, 2.05) is 0 Å². The molecule has 7 nitrogen and oxygen atoms in total. The van der Waals surface area contributed by atoms with Gasteiger partial charge in [0.15, 0.2) is 5.69 Å². The molecule has 0 saturated heterocycles. The second kappa shape index (κ2) is 5.12. The number of carbonyl (C=O) groups is 1. The van der Waals surface area contributed by atoms with Gasteiger partial charge in [0, 0.05) is 0 Å². The lowest BCUT2D eigenvalue weighted by molar-refractivity contribution is -0.141. The minimum absolute atomic E-state index is 0.0536. The van der Waals surface area contributed by atoms with Gasteiger partial charge in [-0.05, 0) is 6.92 Å². The number of hydrogen-bond donors (Lipinski definition) is 1. The van der Waals surface area contributed by atoms with Gasteiger partial charge in [0.2, 0.25) is 0 Å². The van der Waals surface area contributed by atoms with Crippen LogP contribution in [0.25, 0.3) is 0 Å². The SMILES string of the molecule is Cc1c(Cl)c(C(F)(F)F)nn1CC(=O)Nn1cnnc1. The first-order valence-corrected chi connectivity index (χ1v) is 5.61. The van der Waals surface area contributed by atoms with Crippen molar-refractivity contribution in [3.63, 3.8) is 0 Å². The number of alkyl halides is 3. The lowest BCUT2D eigenvalue weighted by Crippen LogP contribution is -2.26. The van der Waals surface area contributed by atoms with Crippen LogP contribution in [0.1, 0.15) is 11.4 Å². The number of rotatable bonds is 3. The van der Waals surface area contributed by atoms with Crippen LogP contribution in [-0.2, 0) is 17.5 Å². The van der Waals surface area contributed by atoms with Crippen LogP contribution in [0.15, 0.2) is 12.7 Å².